The van der Waals surface area contributed by atoms with E-state index in [-0.39, 0.29) is 31.4 Å². The van der Waals surface area contributed by atoms with Crippen LogP contribution in [0, 0.1) is 12.3 Å². The number of hydrogen-bond acceptors (Lipinski definition) is 4. The maximum atomic E-state index is 12.0. The third-order valence-electron chi connectivity index (χ3n) is 2.60. The molecule has 2 N–H and O–H groups in total. The number of anilines is 1. The van der Waals surface area contributed by atoms with E-state index in [1.807, 2.05) is 30.5 Å². The molecule has 0 unspecified atom stereocenters. The Morgan fingerprint density at radius 1 is 1.29 bits per heavy atom. The minimum absolute atomic E-state index is 0.124. The Bertz CT molecular complexity index is 540. The third-order valence-corrected chi connectivity index (χ3v) is 3.39. The van der Waals surface area contributed by atoms with Crippen LogP contribution in [-0.2, 0) is 9.59 Å². The summed E-state index contributed by atoms with van der Waals surface area (Å²) in [6, 6.07) is 7.58. The number of amides is 2. The summed E-state index contributed by atoms with van der Waals surface area (Å²) in [4.78, 5) is 26.1. The van der Waals surface area contributed by atoms with Gasteiger partial charge in [-0.3, -0.25) is 14.5 Å². The first-order valence-corrected chi connectivity index (χ1v) is 7.61. The molecule has 5 nitrogen and oxygen atoms in total. The highest BCUT2D eigenvalue weighted by Gasteiger charge is 2.11. The van der Waals surface area contributed by atoms with E-state index in [0.717, 1.165) is 10.6 Å². The van der Waals surface area contributed by atoms with Gasteiger partial charge in [-0.2, -0.15) is 0 Å². The van der Waals surface area contributed by atoms with E-state index in [1.165, 1.54) is 0 Å². The Balaban J connectivity index is 2.46. The van der Waals surface area contributed by atoms with Gasteiger partial charge in [0.1, 0.15) is 0 Å². The minimum atomic E-state index is -0.201. The van der Waals surface area contributed by atoms with Crippen LogP contribution in [-0.4, -0.2) is 49.7 Å². The molecule has 1 aromatic rings. The molecule has 0 saturated carbocycles. The molecule has 6 heteroatoms. The zero-order chi connectivity index (χ0) is 15.7. The summed E-state index contributed by atoms with van der Waals surface area (Å²) in [6.07, 6.45) is 7.01. The van der Waals surface area contributed by atoms with Crippen LogP contribution in [0.15, 0.2) is 29.2 Å². The van der Waals surface area contributed by atoms with Crippen molar-refractivity contribution < 1.29 is 9.59 Å². The van der Waals surface area contributed by atoms with E-state index in [0.29, 0.717) is 0 Å². The number of nitrogens with zero attached hydrogens (tertiary/aromatic N) is 1. The minimum Gasteiger partial charge on any atom is -0.344 e. The van der Waals surface area contributed by atoms with E-state index in [4.69, 9.17) is 6.42 Å². The predicted octanol–water partition coefficient (Wildman–Crippen LogP) is 1.03. The van der Waals surface area contributed by atoms with Crippen molar-refractivity contribution in [1.82, 2.24) is 10.2 Å². The van der Waals surface area contributed by atoms with Gasteiger partial charge in [0.2, 0.25) is 11.8 Å². The summed E-state index contributed by atoms with van der Waals surface area (Å²) in [7, 11) is 1.70. The molecule has 1 rings (SSSR count). The molecule has 0 spiro atoms. The van der Waals surface area contributed by atoms with Crippen LogP contribution in [0.5, 0.6) is 0 Å². The highest BCUT2D eigenvalue weighted by molar-refractivity contribution is 7.98. The number of rotatable bonds is 7. The van der Waals surface area contributed by atoms with Crippen LogP contribution >= 0.6 is 11.8 Å². The molecular formula is C15H19N3O2S. The smallest absolute Gasteiger partial charge is 0.238 e. The Morgan fingerprint density at radius 3 is 2.62 bits per heavy atom. The lowest BCUT2D eigenvalue weighted by Gasteiger charge is -2.16. The van der Waals surface area contributed by atoms with E-state index in [2.05, 4.69) is 16.6 Å². The predicted molar refractivity (Wildman–Crippen MR) is 86.2 cm³/mol. The maximum absolute atomic E-state index is 12.0. The average Bonchev–Trinajstić information content (AvgIpc) is 2.45. The van der Waals surface area contributed by atoms with Crippen LogP contribution < -0.4 is 10.6 Å². The zero-order valence-electron chi connectivity index (χ0n) is 12.2. The van der Waals surface area contributed by atoms with Gasteiger partial charge < -0.3 is 10.6 Å². The Labute approximate surface area is 129 Å². The number of likely N-dealkylation sites (N-methyl/N-ethyl adjacent to an activating group) is 1. The van der Waals surface area contributed by atoms with E-state index >= 15 is 0 Å². The molecule has 0 saturated heterocycles. The number of benzene rings is 1. The van der Waals surface area contributed by atoms with Crippen LogP contribution in [0.3, 0.4) is 0 Å². The van der Waals surface area contributed by atoms with Gasteiger partial charge in [-0.05, 0) is 25.4 Å². The molecule has 2 amide bonds. The average molecular weight is 305 g/mol. The van der Waals surface area contributed by atoms with Gasteiger partial charge in [0.05, 0.1) is 25.3 Å². The number of carbonyl (C=O) groups excluding carboxylic acids is 2. The monoisotopic (exact) mass is 305 g/mol. The first-order chi connectivity index (χ1) is 10.1. The van der Waals surface area contributed by atoms with Gasteiger partial charge in [0, 0.05) is 4.90 Å². The number of terminal acetylenes is 1. The summed E-state index contributed by atoms with van der Waals surface area (Å²) in [5.41, 5.74) is 0.778. The second-order valence-electron chi connectivity index (χ2n) is 4.40. The van der Waals surface area contributed by atoms with Gasteiger partial charge in [-0.15, -0.1) is 18.2 Å². The highest BCUT2D eigenvalue weighted by atomic mass is 32.2. The quantitative estimate of drug-likeness (QED) is 0.583. The zero-order valence-corrected chi connectivity index (χ0v) is 13.0. The largest absolute Gasteiger partial charge is 0.344 e. The summed E-state index contributed by atoms with van der Waals surface area (Å²) in [5, 5.41) is 5.40. The van der Waals surface area contributed by atoms with Crippen molar-refractivity contribution in [1.29, 1.82) is 0 Å². The molecule has 21 heavy (non-hydrogen) atoms. The number of nitrogens with one attached hydrogen (secondary N) is 2. The van der Waals surface area contributed by atoms with Crippen LogP contribution in [0.4, 0.5) is 5.69 Å². The molecule has 112 valence electrons. The molecule has 0 aromatic heterocycles. The molecule has 0 bridgehead atoms. The van der Waals surface area contributed by atoms with E-state index in [9.17, 15) is 9.59 Å². The maximum Gasteiger partial charge on any atom is 0.238 e. The SMILES string of the molecule is C#CCNC(=O)CN(C)CC(=O)Nc1ccccc1SC. The van der Waals surface area contributed by atoms with Crippen molar-refractivity contribution in [3.05, 3.63) is 24.3 Å². The first-order valence-electron chi connectivity index (χ1n) is 6.38. The third kappa shape index (κ3) is 6.34. The molecule has 0 fully saturated rings. The lowest BCUT2D eigenvalue weighted by atomic mass is 10.3. The summed E-state index contributed by atoms with van der Waals surface area (Å²) < 4.78 is 0. The Hall–Kier alpha value is -1.97. The molecule has 0 atom stereocenters. The van der Waals surface area contributed by atoms with Crippen molar-refractivity contribution in [2.24, 2.45) is 0 Å². The van der Waals surface area contributed by atoms with Gasteiger partial charge >= 0.3 is 0 Å². The van der Waals surface area contributed by atoms with Crippen LogP contribution in [0.2, 0.25) is 0 Å². The molecule has 1 aromatic carbocycles. The topological polar surface area (TPSA) is 61.4 Å². The Kier molecular flexibility index (Phi) is 7.37. The number of carbonyl (C=O) groups is 2. The van der Waals surface area contributed by atoms with Gasteiger partial charge in [-0.1, -0.05) is 18.1 Å². The molecule has 0 aliphatic heterocycles. The van der Waals surface area contributed by atoms with Gasteiger partial charge in [0.15, 0.2) is 0 Å². The summed E-state index contributed by atoms with van der Waals surface area (Å²) in [5.74, 6) is 1.96. The second-order valence-corrected chi connectivity index (χ2v) is 5.25. The van der Waals surface area contributed by atoms with Crippen molar-refractivity contribution in [3.8, 4) is 12.3 Å². The van der Waals surface area contributed by atoms with Crippen molar-refractivity contribution >= 4 is 29.3 Å². The summed E-state index contributed by atoms with van der Waals surface area (Å²) in [6.45, 7) is 0.450. The lowest BCUT2D eigenvalue weighted by Crippen LogP contribution is -2.39. The Morgan fingerprint density at radius 2 is 1.95 bits per heavy atom. The highest BCUT2D eigenvalue weighted by Crippen LogP contribution is 2.24. The lowest BCUT2D eigenvalue weighted by molar-refractivity contribution is -0.122. The number of hydrogen-bond donors (Lipinski definition) is 2. The molecule has 0 heterocycles. The van der Waals surface area contributed by atoms with Crippen LogP contribution in [0.25, 0.3) is 0 Å². The normalized spacial score (nSPS) is 10.0. The van der Waals surface area contributed by atoms with E-state index < -0.39 is 0 Å². The number of thioether (sulfide) groups is 1. The molecule has 0 aliphatic carbocycles. The second kappa shape index (κ2) is 9.06. The van der Waals surface area contributed by atoms with Crippen molar-refractivity contribution in [2.45, 2.75) is 4.90 Å². The first kappa shape index (κ1) is 17.1. The molecular weight excluding hydrogens is 286 g/mol. The fourth-order valence-corrected chi connectivity index (χ4v) is 2.24. The fraction of sp³-hybridized carbons (Fsp3) is 0.333. The van der Waals surface area contributed by atoms with Crippen LogP contribution in [0.1, 0.15) is 0 Å². The van der Waals surface area contributed by atoms with Crippen molar-refractivity contribution in [3.63, 3.8) is 0 Å². The number of para-hydroxylation sites is 1. The molecule has 0 radical (unpaired) electrons. The molecule has 0 aliphatic rings. The standard InChI is InChI=1S/C15H19N3O2S/c1-4-9-16-14(19)10-18(2)11-15(20)17-12-7-5-6-8-13(12)21-3/h1,5-8H,9-11H2,2-3H3,(H,16,19)(H,17,20). The van der Waals surface area contributed by atoms with Gasteiger partial charge in [0.25, 0.3) is 0 Å². The summed E-state index contributed by atoms with van der Waals surface area (Å²) >= 11 is 1.56. The van der Waals surface area contributed by atoms with Gasteiger partial charge in [-0.25, -0.2) is 0 Å². The van der Waals surface area contributed by atoms with E-state index in [1.54, 1.807) is 23.7 Å². The fourth-order valence-electron chi connectivity index (χ4n) is 1.69. The van der Waals surface area contributed by atoms with Crippen molar-refractivity contribution in [2.75, 3.05) is 38.3 Å².